The summed E-state index contributed by atoms with van der Waals surface area (Å²) in [5, 5.41) is 10.6. The molecule has 0 aromatic heterocycles. The van der Waals surface area contributed by atoms with Crippen LogP contribution < -0.4 is 0 Å². The number of nitrogens with zero attached hydrogens (tertiary/aromatic N) is 2. The van der Waals surface area contributed by atoms with Gasteiger partial charge in [-0.2, -0.15) is 0 Å². The summed E-state index contributed by atoms with van der Waals surface area (Å²) in [6, 6.07) is 14.6. The van der Waals surface area contributed by atoms with Gasteiger partial charge < -0.3 is 5.11 Å². The van der Waals surface area contributed by atoms with E-state index in [1.165, 1.54) is 11.8 Å². The highest BCUT2D eigenvalue weighted by molar-refractivity contribution is 9.10. The highest BCUT2D eigenvalue weighted by Crippen LogP contribution is 2.35. The first kappa shape index (κ1) is 17.5. The predicted molar refractivity (Wildman–Crippen MR) is 107 cm³/mol. The molecule has 0 unspecified atom stereocenters. The van der Waals surface area contributed by atoms with Crippen LogP contribution >= 0.6 is 27.7 Å². The van der Waals surface area contributed by atoms with E-state index < -0.39 is 0 Å². The number of carbonyl (C=O) groups excluding carboxylic acids is 1. The minimum Gasteiger partial charge on any atom is -0.507 e. The highest BCUT2D eigenvalue weighted by atomic mass is 79.9. The molecule has 0 bridgehead atoms. The van der Waals surface area contributed by atoms with Crippen molar-refractivity contribution in [3.05, 3.63) is 76.1 Å². The van der Waals surface area contributed by atoms with Crippen LogP contribution in [-0.2, 0) is 4.79 Å². The Morgan fingerprint density at radius 1 is 1.24 bits per heavy atom. The molecular formula is C19H15BrN2O2S. The molecular weight excluding hydrogens is 400 g/mol. The van der Waals surface area contributed by atoms with Gasteiger partial charge >= 0.3 is 0 Å². The van der Waals surface area contributed by atoms with Crippen LogP contribution in [0.4, 0.5) is 5.69 Å². The van der Waals surface area contributed by atoms with Crippen molar-refractivity contribution in [1.29, 1.82) is 0 Å². The van der Waals surface area contributed by atoms with E-state index in [1.807, 2.05) is 30.3 Å². The molecule has 126 valence electrons. The number of phenols is 1. The molecule has 4 nitrogen and oxygen atoms in total. The standard InChI is InChI=1S/C19H15BrN2O2S/c1-2-10-22-18(24)17(12-13-11-14(20)8-9-16(13)23)25-19(22)21-15-6-4-3-5-7-15/h2-9,11-12,23H,1,10H2/b17-12-,21-19?. The number of halogens is 1. The van der Waals surface area contributed by atoms with Gasteiger partial charge in [0.2, 0.25) is 0 Å². The highest BCUT2D eigenvalue weighted by Gasteiger charge is 2.32. The number of para-hydroxylation sites is 1. The van der Waals surface area contributed by atoms with Crippen molar-refractivity contribution < 1.29 is 9.90 Å². The van der Waals surface area contributed by atoms with Crippen LogP contribution in [0.15, 0.2) is 75.6 Å². The Bertz CT molecular complexity index is 878. The van der Waals surface area contributed by atoms with Gasteiger partial charge in [-0.3, -0.25) is 9.69 Å². The fourth-order valence-corrected chi connectivity index (χ4v) is 3.65. The number of aromatic hydroxyl groups is 1. The Hall–Kier alpha value is -2.31. The Balaban J connectivity index is 1.98. The summed E-state index contributed by atoms with van der Waals surface area (Å²) in [6.45, 7) is 4.09. The molecule has 2 aromatic carbocycles. The monoisotopic (exact) mass is 414 g/mol. The van der Waals surface area contributed by atoms with Crippen LogP contribution in [0, 0.1) is 0 Å². The minimum atomic E-state index is -0.154. The predicted octanol–water partition coefficient (Wildman–Crippen LogP) is 4.94. The average molecular weight is 415 g/mol. The lowest BCUT2D eigenvalue weighted by molar-refractivity contribution is -0.121. The summed E-state index contributed by atoms with van der Waals surface area (Å²) >= 11 is 4.66. The van der Waals surface area contributed by atoms with E-state index in [2.05, 4.69) is 27.5 Å². The number of benzene rings is 2. The molecule has 0 atom stereocenters. The van der Waals surface area contributed by atoms with Gasteiger partial charge in [0.15, 0.2) is 5.17 Å². The first-order valence-corrected chi connectivity index (χ1v) is 9.14. The lowest BCUT2D eigenvalue weighted by Crippen LogP contribution is -2.29. The molecule has 0 aliphatic carbocycles. The number of hydrogen-bond acceptors (Lipinski definition) is 4. The maximum atomic E-state index is 12.7. The normalized spacial score (nSPS) is 17.5. The fourth-order valence-electron chi connectivity index (χ4n) is 2.28. The van der Waals surface area contributed by atoms with Crippen molar-refractivity contribution in [1.82, 2.24) is 4.90 Å². The van der Waals surface area contributed by atoms with Crippen LogP contribution in [0.2, 0.25) is 0 Å². The van der Waals surface area contributed by atoms with E-state index >= 15 is 0 Å². The van der Waals surface area contributed by atoms with Crippen LogP contribution in [0.5, 0.6) is 5.75 Å². The van der Waals surface area contributed by atoms with Crippen LogP contribution in [0.1, 0.15) is 5.56 Å². The number of amides is 1. The average Bonchev–Trinajstić information content (AvgIpc) is 2.88. The van der Waals surface area contributed by atoms with Crippen molar-refractivity contribution in [2.24, 2.45) is 4.99 Å². The molecule has 2 aromatic rings. The largest absolute Gasteiger partial charge is 0.507 e. The number of carbonyl (C=O) groups is 1. The Kier molecular flexibility index (Phi) is 5.40. The fraction of sp³-hybridized carbons (Fsp3) is 0.0526. The Morgan fingerprint density at radius 3 is 2.72 bits per heavy atom. The molecule has 1 amide bonds. The van der Waals surface area contributed by atoms with Gasteiger partial charge in [-0.25, -0.2) is 4.99 Å². The van der Waals surface area contributed by atoms with Gasteiger partial charge in [0.25, 0.3) is 5.91 Å². The third-order valence-corrected chi connectivity index (χ3v) is 4.96. The van der Waals surface area contributed by atoms with Crippen LogP contribution in [-0.4, -0.2) is 27.6 Å². The van der Waals surface area contributed by atoms with Crippen molar-refractivity contribution in [3.63, 3.8) is 0 Å². The van der Waals surface area contributed by atoms with E-state index in [0.29, 0.717) is 22.2 Å². The molecule has 1 saturated heterocycles. The molecule has 1 aliphatic rings. The van der Waals surface area contributed by atoms with E-state index in [-0.39, 0.29) is 11.7 Å². The Morgan fingerprint density at radius 2 is 2.00 bits per heavy atom. The maximum absolute atomic E-state index is 12.7. The van der Waals surface area contributed by atoms with Crippen LogP contribution in [0.3, 0.4) is 0 Å². The van der Waals surface area contributed by atoms with Gasteiger partial charge in [0, 0.05) is 16.6 Å². The van der Waals surface area contributed by atoms with Gasteiger partial charge in [0.1, 0.15) is 5.75 Å². The zero-order valence-electron chi connectivity index (χ0n) is 13.2. The smallest absolute Gasteiger partial charge is 0.267 e. The van der Waals surface area contributed by atoms with E-state index in [4.69, 9.17) is 0 Å². The summed E-state index contributed by atoms with van der Waals surface area (Å²) in [7, 11) is 0. The van der Waals surface area contributed by atoms with Gasteiger partial charge in [-0.1, -0.05) is 40.2 Å². The first-order valence-electron chi connectivity index (χ1n) is 7.53. The lowest BCUT2D eigenvalue weighted by atomic mass is 10.2. The van der Waals surface area contributed by atoms with E-state index in [9.17, 15) is 9.90 Å². The molecule has 1 aliphatic heterocycles. The Labute approximate surface area is 158 Å². The molecule has 1 heterocycles. The number of hydrogen-bond donors (Lipinski definition) is 1. The van der Waals surface area contributed by atoms with Gasteiger partial charge in [-0.15, -0.1) is 6.58 Å². The van der Waals surface area contributed by atoms with Crippen molar-refractivity contribution in [2.75, 3.05) is 6.54 Å². The summed E-state index contributed by atoms with van der Waals surface area (Å²) in [5.74, 6) is -0.0354. The molecule has 0 spiro atoms. The number of phenolic OH excluding ortho intramolecular Hbond substituents is 1. The summed E-state index contributed by atoms with van der Waals surface area (Å²) in [5.41, 5.74) is 1.35. The van der Waals surface area contributed by atoms with Crippen molar-refractivity contribution in [2.45, 2.75) is 0 Å². The molecule has 1 fully saturated rings. The minimum absolute atomic E-state index is 0.118. The van der Waals surface area contributed by atoms with E-state index in [1.54, 1.807) is 35.3 Å². The molecule has 0 saturated carbocycles. The molecule has 1 N–H and O–H groups in total. The van der Waals surface area contributed by atoms with E-state index in [0.717, 1.165) is 10.2 Å². The molecule has 25 heavy (non-hydrogen) atoms. The quantitative estimate of drug-likeness (QED) is 0.568. The number of thioether (sulfide) groups is 1. The zero-order chi connectivity index (χ0) is 17.8. The number of rotatable bonds is 4. The zero-order valence-corrected chi connectivity index (χ0v) is 15.6. The lowest BCUT2D eigenvalue weighted by Gasteiger charge is -2.12. The number of aliphatic imine (C=N–C) groups is 1. The molecule has 0 radical (unpaired) electrons. The third kappa shape index (κ3) is 4.03. The van der Waals surface area contributed by atoms with Crippen molar-refractivity contribution in [3.8, 4) is 5.75 Å². The first-order chi connectivity index (χ1) is 12.1. The summed E-state index contributed by atoms with van der Waals surface area (Å²) in [6.07, 6.45) is 3.34. The molecule has 3 rings (SSSR count). The topological polar surface area (TPSA) is 52.9 Å². The second-order valence-electron chi connectivity index (χ2n) is 5.25. The van der Waals surface area contributed by atoms with Gasteiger partial charge in [-0.05, 0) is 48.2 Å². The van der Waals surface area contributed by atoms with Crippen LogP contribution in [0.25, 0.3) is 6.08 Å². The SMILES string of the molecule is C=CCN1C(=O)/C(=C/c2cc(Br)ccc2O)SC1=Nc1ccccc1. The third-order valence-electron chi connectivity index (χ3n) is 3.46. The summed E-state index contributed by atoms with van der Waals surface area (Å²) in [4.78, 5) is 19.4. The molecule has 6 heteroatoms. The maximum Gasteiger partial charge on any atom is 0.267 e. The number of amidine groups is 1. The second kappa shape index (κ2) is 7.72. The van der Waals surface area contributed by atoms with Gasteiger partial charge in [0.05, 0.1) is 10.6 Å². The second-order valence-corrected chi connectivity index (χ2v) is 7.17. The van der Waals surface area contributed by atoms with Crippen molar-refractivity contribution >= 4 is 50.5 Å². The summed E-state index contributed by atoms with van der Waals surface area (Å²) < 4.78 is 0.828.